The highest BCUT2D eigenvalue weighted by Gasteiger charge is 2.19. The minimum atomic E-state index is 0.381. The second-order valence-corrected chi connectivity index (χ2v) is 6.64. The maximum absolute atomic E-state index is 5.93. The smallest absolute Gasteiger partial charge is 0.131 e. The lowest BCUT2D eigenvalue weighted by Gasteiger charge is -2.28. The maximum Gasteiger partial charge on any atom is 0.131 e. The van der Waals surface area contributed by atoms with Crippen LogP contribution in [0.1, 0.15) is 48.0 Å². The van der Waals surface area contributed by atoms with Gasteiger partial charge in [-0.1, -0.05) is 25.4 Å². The van der Waals surface area contributed by atoms with Crippen molar-refractivity contribution in [1.29, 1.82) is 0 Å². The van der Waals surface area contributed by atoms with Crippen LogP contribution in [0, 0.1) is 6.92 Å². The molecule has 0 atom stereocenters. The van der Waals surface area contributed by atoms with Crippen molar-refractivity contribution in [3.8, 4) is 0 Å². The van der Waals surface area contributed by atoms with Crippen LogP contribution >= 0.6 is 11.6 Å². The van der Waals surface area contributed by atoms with Gasteiger partial charge in [0.15, 0.2) is 0 Å². The zero-order valence-corrected chi connectivity index (χ0v) is 14.1. The summed E-state index contributed by atoms with van der Waals surface area (Å²) in [4.78, 5) is 15.8. The molecule has 0 amide bonds. The van der Waals surface area contributed by atoms with Crippen molar-refractivity contribution < 1.29 is 0 Å². The Bertz CT molecular complexity index is 684. The van der Waals surface area contributed by atoms with Gasteiger partial charge in [0.25, 0.3) is 0 Å². The number of aromatic nitrogens is 3. The van der Waals surface area contributed by atoms with E-state index in [1.165, 1.54) is 22.4 Å². The van der Waals surface area contributed by atoms with Gasteiger partial charge in [-0.2, -0.15) is 0 Å². The molecule has 0 saturated heterocycles. The standard InChI is InChI=1S/C17H21ClN4/c1-11(2)17-20-8-14-10-22(5-4-15(14)21-17)9-13-7-19-16(18)6-12(13)3/h6-8,11H,4-5,9-10H2,1-3H3. The van der Waals surface area contributed by atoms with E-state index in [-0.39, 0.29) is 0 Å². The van der Waals surface area contributed by atoms with Gasteiger partial charge >= 0.3 is 0 Å². The fourth-order valence-corrected chi connectivity index (χ4v) is 2.97. The molecule has 22 heavy (non-hydrogen) atoms. The molecule has 2 aromatic heterocycles. The molecule has 0 bridgehead atoms. The topological polar surface area (TPSA) is 41.9 Å². The molecule has 0 fully saturated rings. The molecule has 1 aliphatic heterocycles. The molecule has 0 unspecified atom stereocenters. The molecular weight excluding hydrogens is 296 g/mol. The Morgan fingerprint density at radius 1 is 1.27 bits per heavy atom. The second-order valence-electron chi connectivity index (χ2n) is 6.25. The van der Waals surface area contributed by atoms with Gasteiger partial charge in [-0.15, -0.1) is 0 Å². The number of aryl methyl sites for hydroxylation is 1. The van der Waals surface area contributed by atoms with E-state index < -0.39 is 0 Å². The Kier molecular flexibility index (Phi) is 4.41. The summed E-state index contributed by atoms with van der Waals surface area (Å²) < 4.78 is 0. The SMILES string of the molecule is Cc1cc(Cl)ncc1CN1CCc2nc(C(C)C)ncc2C1. The van der Waals surface area contributed by atoms with Gasteiger partial charge in [0.2, 0.25) is 0 Å². The number of halogens is 1. The minimum Gasteiger partial charge on any atom is -0.294 e. The van der Waals surface area contributed by atoms with Crippen LogP contribution in [0.5, 0.6) is 0 Å². The van der Waals surface area contributed by atoms with Gasteiger partial charge in [0.1, 0.15) is 11.0 Å². The summed E-state index contributed by atoms with van der Waals surface area (Å²) in [5.41, 5.74) is 4.88. The van der Waals surface area contributed by atoms with Gasteiger partial charge in [-0.05, 0) is 24.1 Å². The predicted molar refractivity (Wildman–Crippen MR) is 87.9 cm³/mol. The van der Waals surface area contributed by atoms with Crippen molar-refractivity contribution in [2.24, 2.45) is 0 Å². The maximum atomic E-state index is 5.93. The van der Waals surface area contributed by atoms with Crippen molar-refractivity contribution in [1.82, 2.24) is 19.9 Å². The van der Waals surface area contributed by atoms with Crippen molar-refractivity contribution in [3.05, 3.63) is 51.8 Å². The quantitative estimate of drug-likeness (QED) is 0.813. The largest absolute Gasteiger partial charge is 0.294 e. The van der Waals surface area contributed by atoms with E-state index in [0.29, 0.717) is 11.1 Å². The normalized spacial score (nSPS) is 15.1. The number of hydrogen-bond acceptors (Lipinski definition) is 4. The number of pyridine rings is 1. The van der Waals surface area contributed by atoms with Crippen LogP contribution in [0.25, 0.3) is 0 Å². The molecule has 0 aromatic carbocycles. The van der Waals surface area contributed by atoms with Crippen LogP contribution in [0.4, 0.5) is 0 Å². The highest BCUT2D eigenvalue weighted by Crippen LogP contribution is 2.21. The molecule has 5 heteroatoms. The number of rotatable bonds is 3. The fourth-order valence-electron chi connectivity index (χ4n) is 2.76. The summed E-state index contributed by atoms with van der Waals surface area (Å²) in [5, 5.41) is 0.555. The third-order valence-electron chi connectivity index (χ3n) is 4.13. The molecule has 3 heterocycles. The van der Waals surface area contributed by atoms with Crippen LogP contribution in [0.15, 0.2) is 18.5 Å². The number of hydrogen-bond donors (Lipinski definition) is 0. The summed E-state index contributed by atoms with van der Waals surface area (Å²) in [7, 11) is 0. The molecule has 3 rings (SSSR count). The van der Waals surface area contributed by atoms with E-state index in [9.17, 15) is 0 Å². The highest BCUT2D eigenvalue weighted by atomic mass is 35.5. The molecule has 1 aliphatic rings. The minimum absolute atomic E-state index is 0.381. The van der Waals surface area contributed by atoms with Crippen LogP contribution in [0.3, 0.4) is 0 Å². The first-order valence-corrected chi connectivity index (χ1v) is 8.09. The average Bonchev–Trinajstić information content (AvgIpc) is 2.49. The molecule has 0 spiro atoms. The molecule has 116 valence electrons. The van der Waals surface area contributed by atoms with Gasteiger partial charge in [0, 0.05) is 55.6 Å². The lowest BCUT2D eigenvalue weighted by atomic mass is 10.0. The zero-order chi connectivity index (χ0) is 15.7. The van der Waals surface area contributed by atoms with Crippen molar-refractivity contribution in [3.63, 3.8) is 0 Å². The molecular formula is C17H21ClN4. The monoisotopic (exact) mass is 316 g/mol. The third-order valence-corrected chi connectivity index (χ3v) is 4.33. The van der Waals surface area contributed by atoms with Gasteiger partial charge in [0.05, 0.1) is 0 Å². The lowest BCUT2D eigenvalue weighted by Crippen LogP contribution is -2.31. The summed E-state index contributed by atoms with van der Waals surface area (Å²) in [5.74, 6) is 1.33. The Labute approximate surface area is 136 Å². The Morgan fingerprint density at radius 2 is 2.09 bits per heavy atom. The van der Waals surface area contributed by atoms with E-state index in [1.54, 1.807) is 0 Å². The molecule has 0 N–H and O–H groups in total. The van der Waals surface area contributed by atoms with Crippen LogP contribution < -0.4 is 0 Å². The van der Waals surface area contributed by atoms with Crippen LogP contribution in [0.2, 0.25) is 5.15 Å². The van der Waals surface area contributed by atoms with Gasteiger partial charge in [-0.3, -0.25) is 4.90 Å². The van der Waals surface area contributed by atoms with E-state index >= 15 is 0 Å². The lowest BCUT2D eigenvalue weighted by molar-refractivity contribution is 0.241. The summed E-state index contributed by atoms with van der Waals surface area (Å²) in [6.07, 6.45) is 4.86. The average molecular weight is 317 g/mol. The predicted octanol–water partition coefficient (Wildman–Crippen LogP) is 3.52. The van der Waals surface area contributed by atoms with Crippen molar-refractivity contribution in [2.75, 3.05) is 6.54 Å². The molecule has 0 radical (unpaired) electrons. The Hall–Kier alpha value is -1.52. The molecule has 4 nitrogen and oxygen atoms in total. The van der Waals surface area contributed by atoms with E-state index in [4.69, 9.17) is 16.6 Å². The van der Waals surface area contributed by atoms with Crippen LogP contribution in [-0.2, 0) is 19.5 Å². The third kappa shape index (κ3) is 3.28. The van der Waals surface area contributed by atoms with Crippen molar-refractivity contribution >= 4 is 11.6 Å². The number of nitrogens with zero attached hydrogens (tertiary/aromatic N) is 4. The first-order chi connectivity index (χ1) is 10.5. The Morgan fingerprint density at radius 3 is 2.82 bits per heavy atom. The first kappa shape index (κ1) is 15.4. The zero-order valence-electron chi connectivity index (χ0n) is 13.3. The Balaban J connectivity index is 1.74. The number of fused-ring (bicyclic) bond motifs is 1. The van der Waals surface area contributed by atoms with Crippen LogP contribution in [-0.4, -0.2) is 26.4 Å². The van der Waals surface area contributed by atoms with E-state index in [1.807, 2.05) is 18.5 Å². The van der Waals surface area contributed by atoms with Gasteiger partial charge < -0.3 is 0 Å². The molecule has 0 aliphatic carbocycles. The van der Waals surface area contributed by atoms with Gasteiger partial charge in [-0.25, -0.2) is 15.0 Å². The van der Waals surface area contributed by atoms with E-state index in [0.717, 1.165) is 31.9 Å². The second kappa shape index (κ2) is 6.31. The summed E-state index contributed by atoms with van der Waals surface area (Å²) >= 11 is 5.93. The molecule has 0 saturated carbocycles. The van der Waals surface area contributed by atoms with Crippen molar-refractivity contribution in [2.45, 2.75) is 46.2 Å². The highest BCUT2D eigenvalue weighted by molar-refractivity contribution is 6.29. The fraction of sp³-hybridized carbons (Fsp3) is 0.471. The molecule has 2 aromatic rings. The first-order valence-electron chi connectivity index (χ1n) is 7.71. The summed E-state index contributed by atoms with van der Waals surface area (Å²) in [6, 6.07) is 1.92. The summed E-state index contributed by atoms with van der Waals surface area (Å²) in [6.45, 7) is 9.15. The van der Waals surface area contributed by atoms with E-state index in [2.05, 4.69) is 35.6 Å².